The van der Waals surface area contributed by atoms with E-state index in [1.165, 1.54) is 64.1 Å². The Kier molecular flexibility index (Phi) is 8.86. The zero-order valence-electron chi connectivity index (χ0n) is 30.3. The summed E-state index contributed by atoms with van der Waals surface area (Å²) in [6.07, 6.45) is 8.99. The van der Waals surface area contributed by atoms with Crippen LogP contribution < -0.4 is 9.47 Å². The predicted octanol–water partition coefficient (Wildman–Crippen LogP) is 11.5. The summed E-state index contributed by atoms with van der Waals surface area (Å²) in [5, 5.41) is 29.2. The highest BCUT2D eigenvalue weighted by Crippen LogP contribution is 2.51. The highest BCUT2D eigenvalue weighted by molar-refractivity contribution is 8.03. The van der Waals surface area contributed by atoms with Crippen LogP contribution in [0.2, 0.25) is 0 Å². The lowest BCUT2D eigenvalue weighted by molar-refractivity contribution is -0.664. The van der Waals surface area contributed by atoms with Crippen LogP contribution in [-0.2, 0) is 11.4 Å². The van der Waals surface area contributed by atoms with Gasteiger partial charge in [0.1, 0.15) is 11.2 Å². The molecule has 1 aliphatic carbocycles. The van der Waals surface area contributed by atoms with Crippen LogP contribution >= 0.6 is 35.7 Å². The molecule has 0 bridgehead atoms. The Labute approximate surface area is 328 Å². The average Bonchev–Trinajstić information content (AvgIpc) is 3.70. The molecule has 1 aromatic heterocycles. The quantitative estimate of drug-likeness (QED) is 0.0310. The summed E-state index contributed by atoms with van der Waals surface area (Å²) >= 11 is 7.53. The molecule has 9 rings (SSSR count). The summed E-state index contributed by atoms with van der Waals surface area (Å²) in [4.78, 5) is 7.44. The van der Waals surface area contributed by atoms with Gasteiger partial charge in [-0.05, 0) is 98.8 Å². The number of anilines is 1. The number of allylic oxidation sites excluding steroid dienone is 4. The highest BCUT2D eigenvalue weighted by Gasteiger charge is 2.31. The standard InChI is InChI=1S/C46H38N2O3S3/c1-4-47-41(53-39-20-18-35-33-12-7-5-10-31(33)14-16-37(35)43(39)47)25-29-24-30(28-45(2,3)27-29)26-42-48(23-9-22-46(49,52)51-50)44-38-17-15-32-11-6-8-13-34(32)36(38)19-21-40(44)54-42/h5-8,10-21,24-26,49H,4,23,27-28H2,1-3H3,(H-,50,52)/p+1. The van der Waals surface area contributed by atoms with E-state index in [9.17, 15) is 5.11 Å². The maximum Gasteiger partial charge on any atom is 0.308 e. The first-order chi connectivity index (χ1) is 26.1. The fourth-order valence-corrected chi connectivity index (χ4v) is 10.8. The minimum atomic E-state index is -2.26. The monoisotopic (exact) mass is 763 g/mol. The Morgan fingerprint density at radius 2 is 1.52 bits per heavy atom. The lowest BCUT2D eigenvalue weighted by Crippen LogP contribution is -2.33. The number of thiazole rings is 1. The van der Waals surface area contributed by atoms with Gasteiger partial charge in [-0.2, -0.15) is 9.45 Å². The van der Waals surface area contributed by atoms with E-state index in [0.29, 0.717) is 0 Å². The number of hydrogen-bond acceptors (Lipinski definition) is 7. The van der Waals surface area contributed by atoms with Crippen molar-refractivity contribution in [3.05, 3.63) is 130 Å². The van der Waals surface area contributed by atoms with E-state index in [-0.39, 0.29) is 12.0 Å². The van der Waals surface area contributed by atoms with Crippen molar-refractivity contribution in [1.82, 2.24) is 0 Å². The van der Waals surface area contributed by atoms with Crippen LogP contribution in [0.15, 0.2) is 130 Å². The molecule has 5 nitrogen and oxygen atoms in total. The molecule has 54 heavy (non-hydrogen) atoms. The van der Waals surface area contributed by atoms with E-state index in [0.717, 1.165) is 40.4 Å². The Balaban J connectivity index is 1.15. The van der Waals surface area contributed by atoms with Crippen molar-refractivity contribution in [1.29, 1.82) is 0 Å². The second kappa shape index (κ2) is 13.6. The van der Waals surface area contributed by atoms with E-state index in [2.05, 4.69) is 175 Å². The molecule has 1 atom stereocenters. The van der Waals surface area contributed by atoms with Crippen molar-refractivity contribution >= 4 is 101 Å². The largest absolute Gasteiger partial charge is 0.345 e. The van der Waals surface area contributed by atoms with E-state index in [1.807, 2.05) is 11.3 Å². The Bertz CT molecular complexity index is 2840. The van der Waals surface area contributed by atoms with Crippen LogP contribution in [0.25, 0.3) is 59.4 Å². The van der Waals surface area contributed by atoms with Crippen LogP contribution in [-0.4, -0.2) is 22.0 Å². The van der Waals surface area contributed by atoms with E-state index >= 15 is 0 Å². The summed E-state index contributed by atoms with van der Waals surface area (Å²) in [7, 11) is 0. The van der Waals surface area contributed by atoms with Crippen molar-refractivity contribution in [2.75, 3.05) is 11.4 Å². The van der Waals surface area contributed by atoms with Gasteiger partial charge in [0.05, 0.1) is 22.6 Å². The van der Waals surface area contributed by atoms with Gasteiger partial charge in [-0.3, -0.25) is 0 Å². The molecule has 2 heterocycles. The van der Waals surface area contributed by atoms with Crippen LogP contribution in [0, 0.1) is 17.3 Å². The molecule has 0 saturated carbocycles. The van der Waals surface area contributed by atoms with E-state index in [4.69, 9.17) is 5.26 Å². The third kappa shape index (κ3) is 6.29. The van der Waals surface area contributed by atoms with Gasteiger partial charge in [0.25, 0.3) is 5.01 Å². The van der Waals surface area contributed by atoms with Gasteiger partial charge in [0.2, 0.25) is 5.52 Å². The smallest absolute Gasteiger partial charge is 0.308 e. The van der Waals surface area contributed by atoms with Gasteiger partial charge in [0.15, 0.2) is 0 Å². The second-order valence-corrected chi connectivity index (χ2v) is 17.6. The molecule has 1 unspecified atom stereocenters. The zero-order chi connectivity index (χ0) is 37.2. The summed E-state index contributed by atoms with van der Waals surface area (Å²) in [5.41, 5.74) is 5.00. The Morgan fingerprint density at radius 1 is 0.852 bits per heavy atom. The number of benzene rings is 6. The second-order valence-electron chi connectivity index (χ2n) is 14.9. The number of aryl methyl sites for hydroxylation is 1. The number of fused-ring (bicyclic) bond motifs is 10. The SMILES string of the molecule is CC[n+]1c(C=C2C=C(C=C3Sc4ccc5c(ccc6ccccc65)c4N3CC#CC(O)(S)OO)CC(C)(C)C2)sc2ccc3c4ccccc4ccc3c21. The van der Waals surface area contributed by atoms with Crippen molar-refractivity contribution in [2.24, 2.45) is 5.41 Å². The van der Waals surface area contributed by atoms with Gasteiger partial charge in [-0.15, -0.1) is 0 Å². The number of hydrogen-bond donors (Lipinski definition) is 3. The molecule has 2 N–H and O–H groups in total. The number of aromatic nitrogens is 1. The van der Waals surface area contributed by atoms with Gasteiger partial charge in [-0.25, -0.2) is 5.26 Å². The third-order valence-electron chi connectivity index (χ3n) is 10.5. The fourth-order valence-electron chi connectivity index (χ4n) is 8.33. The first-order valence-corrected chi connectivity index (χ1v) is 20.3. The topological polar surface area (TPSA) is 56.8 Å². The molecule has 0 radical (unpaired) electrons. The minimum absolute atomic E-state index is 0.0552. The average molecular weight is 764 g/mol. The molecule has 0 spiro atoms. The van der Waals surface area contributed by atoms with Gasteiger partial charge in [-0.1, -0.05) is 140 Å². The molecule has 268 valence electrons. The summed E-state index contributed by atoms with van der Waals surface area (Å²) < 4.78 is 3.78. The van der Waals surface area contributed by atoms with Crippen LogP contribution in [0.3, 0.4) is 0 Å². The first-order valence-electron chi connectivity index (χ1n) is 18.2. The third-order valence-corrected chi connectivity index (χ3v) is 12.9. The molecule has 0 amide bonds. The molecular weight excluding hydrogens is 725 g/mol. The lowest BCUT2D eigenvalue weighted by atomic mass is 9.75. The Hall–Kier alpha value is -4.59. The van der Waals surface area contributed by atoms with Crippen molar-refractivity contribution < 1.29 is 19.8 Å². The number of thioether (sulfide) groups is 1. The van der Waals surface area contributed by atoms with E-state index < -0.39 is 5.12 Å². The minimum Gasteiger partial charge on any atom is -0.345 e. The summed E-state index contributed by atoms with van der Waals surface area (Å²) in [5.74, 6) is 5.56. The predicted molar refractivity (Wildman–Crippen MR) is 230 cm³/mol. The van der Waals surface area contributed by atoms with Crippen molar-refractivity contribution in [3.63, 3.8) is 0 Å². The molecule has 1 aliphatic heterocycles. The van der Waals surface area contributed by atoms with Gasteiger partial charge < -0.3 is 10.0 Å². The summed E-state index contributed by atoms with van der Waals surface area (Å²) in [6.45, 7) is 8.09. The number of nitrogens with zero attached hydrogens (tertiary/aromatic N) is 2. The number of thiol groups is 1. The molecule has 6 aromatic carbocycles. The normalized spacial score (nSPS) is 18.1. The molecule has 7 aromatic rings. The Morgan fingerprint density at radius 3 is 2.24 bits per heavy atom. The molecular formula is C46H39N2O3S3+. The van der Waals surface area contributed by atoms with E-state index in [1.54, 1.807) is 11.8 Å². The maximum atomic E-state index is 10.2. The molecule has 0 saturated heterocycles. The van der Waals surface area contributed by atoms with Gasteiger partial charge in [0, 0.05) is 16.4 Å². The number of rotatable bonds is 5. The molecule has 2 aliphatic rings. The van der Waals surface area contributed by atoms with Gasteiger partial charge >= 0.3 is 5.12 Å². The lowest BCUT2D eigenvalue weighted by Gasteiger charge is -2.31. The number of aliphatic hydroxyl groups is 1. The molecule has 8 heteroatoms. The zero-order valence-corrected chi connectivity index (χ0v) is 32.8. The maximum absolute atomic E-state index is 10.2. The first kappa shape index (κ1) is 35.1. The van der Waals surface area contributed by atoms with Crippen LogP contribution in [0.4, 0.5) is 5.69 Å². The van der Waals surface area contributed by atoms with Crippen molar-refractivity contribution in [3.8, 4) is 11.8 Å². The fraction of sp³-hybridized carbons (Fsp3) is 0.196. The van der Waals surface area contributed by atoms with Crippen LogP contribution in [0.1, 0.15) is 38.6 Å². The summed E-state index contributed by atoms with van der Waals surface area (Å²) in [6, 6.07) is 35.0. The molecule has 0 fully saturated rings. The van der Waals surface area contributed by atoms with Crippen LogP contribution in [0.5, 0.6) is 0 Å². The highest BCUT2D eigenvalue weighted by atomic mass is 32.2. The van der Waals surface area contributed by atoms with Crippen molar-refractivity contribution in [2.45, 2.75) is 50.2 Å².